The van der Waals surface area contributed by atoms with Crippen LogP contribution in [0.3, 0.4) is 0 Å². The summed E-state index contributed by atoms with van der Waals surface area (Å²) >= 11 is 0. The smallest absolute Gasteiger partial charge is 0.307 e. The molecule has 1 saturated heterocycles. The molecule has 5 heteroatoms. The maximum Gasteiger partial charge on any atom is 0.307 e. The Morgan fingerprint density at radius 2 is 2.00 bits per heavy atom. The standard InChI is InChI=1S/C19H17NO4/c20-11-16-9-14(1-2-15(16)10-19(21)22)13-3-5-17(6-4-13)24-18-7-8-23-12-18/h1-6,9,18H,7-8,10,12H2,(H,21,22). The van der Waals surface area contributed by atoms with Crippen LogP contribution >= 0.6 is 0 Å². The number of ether oxygens (including phenoxy) is 2. The van der Waals surface area contributed by atoms with Crippen molar-refractivity contribution in [2.24, 2.45) is 0 Å². The monoisotopic (exact) mass is 323 g/mol. The molecular formula is C19H17NO4. The van der Waals surface area contributed by atoms with E-state index in [9.17, 15) is 10.1 Å². The third-order valence-corrected chi connectivity index (χ3v) is 3.95. The number of carboxylic acid groups (broad SMARTS) is 1. The first-order valence-corrected chi connectivity index (χ1v) is 7.75. The SMILES string of the molecule is N#Cc1cc(-c2ccc(OC3CCOC3)cc2)ccc1CC(=O)O. The fraction of sp³-hybridized carbons (Fsp3) is 0.263. The summed E-state index contributed by atoms with van der Waals surface area (Å²) in [7, 11) is 0. The number of nitriles is 1. The van der Waals surface area contributed by atoms with Crippen LogP contribution < -0.4 is 4.74 Å². The van der Waals surface area contributed by atoms with Gasteiger partial charge in [0, 0.05) is 6.42 Å². The summed E-state index contributed by atoms with van der Waals surface area (Å²) in [6, 6.07) is 15.0. The summed E-state index contributed by atoms with van der Waals surface area (Å²) in [6.07, 6.45) is 0.855. The average molecular weight is 323 g/mol. The van der Waals surface area contributed by atoms with E-state index in [-0.39, 0.29) is 12.5 Å². The molecule has 0 aliphatic carbocycles. The van der Waals surface area contributed by atoms with Crippen molar-refractivity contribution in [3.8, 4) is 22.9 Å². The predicted molar refractivity (Wildman–Crippen MR) is 87.8 cm³/mol. The summed E-state index contributed by atoms with van der Waals surface area (Å²) in [5.41, 5.74) is 2.73. The second kappa shape index (κ2) is 7.16. The molecule has 5 nitrogen and oxygen atoms in total. The van der Waals surface area contributed by atoms with Crippen molar-refractivity contribution in [1.29, 1.82) is 5.26 Å². The number of carboxylic acids is 1. The molecule has 1 fully saturated rings. The van der Waals surface area contributed by atoms with Gasteiger partial charge in [-0.3, -0.25) is 4.79 Å². The van der Waals surface area contributed by atoms with E-state index in [4.69, 9.17) is 14.6 Å². The van der Waals surface area contributed by atoms with E-state index < -0.39 is 5.97 Å². The number of hydrogen-bond donors (Lipinski definition) is 1. The van der Waals surface area contributed by atoms with Gasteiger partial charge in [-0.15, -0.1) is 0 Å². The first kappa shape index (κ1) is 16.0. The minimum atomic E-state index is -0.948. The third kappa shape index (κ3) is 3.73. The second-order valence-corrected chi connectivity index (χ2v) is 5.68. The molecule has 0 spiro atoms. The molecule has 0 saturated carbocycles. The van der Waals surface area contributed by atoms with Crippen LogP contribution in [0.4, 0.5) is 0 Å². The number of hydrogen-bond acceptors (Lipinski definition) is 4. The molecule has 1 unspecified atom stereocenters. The topological polar surface area (TPSA) is 79.5 Å². The van der Waals surface area contributed by atoms with Crippen molar-refractivity contribution in [2.75, 3.05) is 13.2 Å². The molecule has 0 bridgehead atoms. The van der Waals surface area contributed by atoms with Gasteiger partial charge < -0.3 is 14.6 Å². The van der Waals surface area contributed by atoms with E-state index in [1.807, 2.05) is 30.3 Å². The van der Waals surface area contributed by atoms with Crippen LogP contribution in [0.5, 0.6) is 5.75 Å². The van der Waals surface area contributed by atoms with Crippen LogP contribution in [0.25, 0.3) is 11.1 Å². The highest BCUT2D eigenvalue weighted by atomic mass is 16.5. The number of carbonyl (C=O) groups is 1. The van der Waals surface area contributed by atoms with Gasteiger partial charge in [0.05, 0.1) is 31.3 Å². The van der Waals surface area contributed by atoms with E-state index >= 15 is 0 Å². The molecule has 1 heterocycles. The Morgan fingerprint density at radius 1 is 1.25 bits per heavy atom. The average Bonchev–Trinajstić information content (AvgIpc) is 3.08. The lowest BCUT2D eigenvalue weighted by Crippen LogP contribution is -2.15. The third-order valence-electron chi connectivity index (χ3n) is 3.95. The highest BCUT2D eigenvalue weighted by Gasteiger charge is 2.17. The number of benzene rings is 2. The van der Waals surface area contributed by atoms with Crippen molar-refractivity contribution in [2.45, 2.75) is 18.9 Å². The summed E-state index contributed by atoms with van der Waals surface area (Å²) < 4.78 is 11.1. The Labute approximate surface area is 140 Å². The van der Waals surface area contributed by atoms with Gasteiger partial charge in [-0.1, -0.05) is 24.3 Å². The quantitative estimate of drug-likeness (QED) is 0.915. The van der Waals surface area contributed by atoms with E-state index in [0.29, 0.717) is 17.7 Å². The van der Waals surface area contributed by atoms with Crippen LogP contribution in [-0.4, -0.2) is 30.4 Å². The van der Waals surface area contributed by atoms with Crippen LogP contribution in [0, 0.1) is 11.3 Å². The second-order valence-electron chi connectivity index (χ2n) is 5.68. The summed E-state index contributed by atoms with van der Waals surface area (Å²) in [5.74, 6) is -0.158. The van der Waals surface area contributed by atoms with Crippen LogP contribution in [-0.2, 0) is 16.0 Å². The summed E-state index contributed by atoms with van der Waals surface area (Å²) in [4.78, 5) is 10.8. The van der Waals surface area contributed by atoms with Gasteiger partial charge in [0.25, 0.3) is 0 Å². The van der Waals surface area contributed by atoms with Crippen molar-refractivity contribution < 1.29 is 19.4 Å². The van der Waals surface area contributed by atoms with Crippen molar-refractivity contribution >= 4 is 5.97 Å². The summed E-state index contributed by atoms with van der Waals surface area (Å²) in [5, 5.41) is 18.1. The van der Waals surface area contributed by atoms with Crippen LogP contribution in [0.15, 0.2) is 42.5 Å². The highest BCUT2D eigenvalue weighted by molar-refractivity contribution is 5.73. The van der Waals surface area contributed by atoms with Gasteiger partial charge in [-0.05, 0) is 34.9 Å². The molecule has 0 radical (unpaired) electrons. The lowest BCUT2D eigenvalue weighted by Gasteiger charge is -2.12. The normalized spacial score (nSPS) is 16.5. The molecule has 1 aliphatic heterocycles. The van der Waals surface area contributed by atoms with E-state index in [1.165, 1.54) is 0 Å². The van der Waals surface area contributed by atoms with Crippen molar-refractivity contribution in [3.63, 3.8) is 0 Å². The summed E-state index contributed by atoms with van der Waals surface area (Å²) in [6.45, 7) is 1.36. The predicted octanol–water partition coefficient (Wildman–Crippen LogP) is 3.02. The van der Waals surface area contributed by atoms with Gasteiger partial charge in [0.15, 0.2) is 0 Å². The lowest BCUT2D eigenvalue weighted by molar-refractivity contribution is -0.136. The van der Waals surface area contributed by atoms with Crippen LogP contribution in [0.2, 0.25) is 0 Å². The van der Waals surface area contributed by atoms with Crippen molar-refractivity contribution in [1.82, 2.24) is 0 Å². The first-order valence-electron chi connectivity index (χ1n) is 7.75. The zero-order valence-corrected chi connectivity index (χ0v) is 13.1. The fourth-order valence-electron chi connectivity index (χ4n) is 2.70. The Morgan fingerprint density at radius 3 is 2.62 bits per heavy atom. The number of aliphatic carboxylic acids is 1. The van der Waals surface area contributed by atoms with Gasteiger partial charge in [-0.2, -0.15) is 5.26 Å². The Kier molecular flexibility index (Phi) is 4.78. The zero-order valence-electron chi connectivity index (χ0n) is 13.1. The fourth-order valence-corrected chi connectivity index (χ4v) is 2.70. The van der Waals surface area contributed by atoms with E-state index in [1.54, 1.807) is 12.1 Å². The molecule has 1 aliphatic rings. The molecule has 2 aromatic rings. The van der Waals surface area contributed by atoms with Gasteiger partial charge in [0.1, 0.15) is 11.9 Å². The largest absolute Gasteiger partial charge is 0.488 e. The van der Waals surface area contributed by atoms with Gasteiger partial charge >= 0.3 is 5.97 Å². The molecule has 2 aromatic carbocycles. The van der Waals surface area contributed by atoms with E-state index in [2.05, 4.69) is 6.07 Å². The molecule has 1 N–H and O–H groups in total. The molecule has 0 amide bonds. The molecule has 122 valence electrons. The van der Waals surface area contributed by atoms with Gasteiger partial charge in [-0.25, -0.2) is 0 Å². The van der Waals surface area contributed by atoms with Crippen molar-refractivity contribution in [3.05, 3.63) is 53.6 Å². The number of nitrogens with zero attached hydrogens (tertiary/aromatic N) is 1. The minimum Gasteiger partial charge on any atom is -0.488 e. The molecule has 1 atom stereocenters. The van der Waals surface area contributed by atoms with Gasteiger partial charge in [0.2, 0.25) is 0 Å². The Balaban J connectivity index is 1.78. The first-order chi connectivity index (χ1) is 11.7. The van der Waals surface area contributed by atoms with Crippen LogP contribution in [0.1, 0.15) is 17.5 Å². The molecule has 3 rings (SSSR count). The molecular weight excluding hydrogens is 306 g/mol. The minimum absolute atomic E-state index is 0.108. The molecule has 0 aromatic heterocycles. The Hall–Kier alpha value is -2.84. The molecule has 24 heavy (non-hydrogen) atoms. The Bertz CT molecular complexity index is 771. The zero-order chi connectivity index (χ0) is 16.9. The number of rotatable bonds is 5. The lowest BCUT2D eigenvalue weighted by atomic mass is 9.98. The maximum absolute atomic E-state index is 10.8. The maximum atomic E-state index is 10.8. The van der Waals surface area contributed by atoms with E-state index in [0.717, 1.165) is 29.9 Å². The highest BCUT2D eigenvalue weighted by Crippen LogP contribution is 2.26.